The van der Waals surface area contributed by atoms with Crippen molar-refractivity contribution in [2.24, 2.45) is 0 Å². The third-order valence-electron chi connectivity index (χ3n) is 3.33. The number of imide groups is 1. The molecule has 8 heteroatoms. The van der Waals surface area contributed by atoms with Gasteiger partial charge in [-0.2, -0.15) is 5.26 Å². The molecule has 0 saturated carbocycles. The largest absolute Gasteiger partial charge is 0.467 e. The van der Waals surface area contributed by atoms with Crippen LogP contribution < -0.4 is 0 Å². The molecule has 0 aromatic heterocycles. The predicted octanol–water partition coefficient (Wildman–Crippen LogP) is 0.621. The quantitative estimate of drug-likeness (QED) is 0.367. The van der Waals surface area contributed by atoms with Crippen molar-refractivity contribution in [3.8, 4) is 0 Å². The smallest absolute Gasteiger partial charge is 0.342 e. The number of amides is 2. The van der Waals surface area contributed by atoms with E-state index in [9.17, 15) is 19.2 Å². The van der Waals surface area contributed by atoms with Crippen molar-refractivity contribution in [2.75, 3.05) is 7.11 Å². The van der Waals surface area contributed by atoms with Gasteiger partial charge in [0.2, 0.25) is 0 Å². The average Bonchev–Trinajstić information content (AvgIpc) is 2.79. The van der Waals surface area contributed by atoms with Crippen molar-refractivity contribution in [2.45, 2.75) is 18.9 Å². The summed E-state index contributed by atoms with van der Waals surface area (Å²) < 4.78 is 4.59. The summed E-state index contributed by atoms with van der Waals surface area (Å²) in [4.78, 5) is 51.8. The number of hydrogen-bond acceptors (Lipinski definition) is 7. The fraction of sp³-hybridized carbons (Fsp3) is 0.286. The van der Waals surface area contributed by atoms with Crippen LogP contribution in [-0.4, -0.2) is 47.1 Å². The highest BCUT2D eigenvalue weighted by molar-refractivity contribution is 6.22. The summed E-state index contributed by atoms with van der Waals surface area (Å²) in [7, 11) is 1.11. The van der Waals surface area contributed by atoms with Gasteiger partial charge in [0, 0.05) is 0 Å². The van der Waals surface area contributed by atoms with E-state index in [1.165, 1.54) is 12.1 Å². The highest BCUT2D eigenvalue weighted by atomic mass is 17.1. The first-order valence-corrected chi connectivity index (χ1v) is 6.40. The minimum Gasteiger partial charge on any atom is -0.467 e. The van der Waals surface area contributed by atoms with Gasteiger partial charge in [-0.3, -0.25) is 14.5 Å². The van der Waals surface area contributed by atoms with Gasteiger partial charge in [-0.15, -0.1) is 0 Å². The molecule has 1 aromatic carbocycles. The molecule has 2 amide bonds. The highest BCUT2D eigenvalue weighted by Gasteiger charge is 2.43. The second kappa shape index (κ2) is 6.35. The fourth-order valence-electron chi connectivity index (χ4n) is 2.28. The molecular formula is C14H13NO7. The van der Waals surface area contributed by atoms with Gasteiger partial charge in [-0.1, -0.05) is 12.1 Å². The Morgan fingerprint density at radius 3 is 2.18 bits per heavy atom. The first-order valence-electron chi connectivity index (χ1n) is 6.40. The van der Waals surface area contributed by atoms with E-state index in [0.717, 1.165) is 12.0 Å². The molecule has 116 valence electrons. The van der Waals surface area contributed by atoms with Gasteiger partial charge in [-0.05, 0) is 18.6 Å². The van der Waals surface area contributed by atoms with Gasteiger partial charge in [0.1, 0.15) is 6.04 Å². The number of carbonyl (C=O) groups is 4. The van der Waals surface area contributed by atoms with Crippen LogP contribution in [0.25, 0.3) is 0 Å². The van der Waals surface area contributed by atoms with Crippen LogP contribution in [0.5, 0.6) is 0 Å². The molecular weight excluding hydrogens is 294 g/mol. The Kier molecular flexibility index (Phi) is 4.52. The van der Waals surface area contributed by atoms with E-state index in [1.807, 2.05) is 0 Å². The zero-order valence-electron chi connectivity index (χ0n) is 11.6. The Bertz CT molecular complexity index is 605. The van der Waals surface area contributed by atoms with Gasteiger partial charge in [0.25, 0.3) is 11.8 Å². The predicted molar refractivity (Wildman–Crippen MR) is 70.7 cm³/mol. The lowest BCUT2D eigenvalue weighted by atomic mass is 10.1. The van der Waals surface area contributed by atoms with Gasteiger partial charge in [0.05, 0.1) is 24.7 Å². The summed E-state index contributed by atoms with van der Waals surface area (Å²) in [6, 6.07) is 4.89. The first kappa shape index (κ1) is 15.6. The molecule has 2 rings (SSSR count). The topological polar surface area (TPSA) is 110 Å². The van der Waals surface area contributed by atoms with Crippen LogP contribution in [0.4, 0.5) is 0 Å². The molecule has 0 bridgehead atoms. The third kappa shape index (κ3) is 2.68. The van der Waals surface area contributed by atoms with Crippen molar-refractivity contribution in [1.29, 1.82) is 0 Å². The number of fused-ring (bicyclic) bond motifs is 1. The molecule has 0 saturated heterocycles. The van der Waals surface area contributed by atoms with Crippen molar-refractivity contribution in [1.82, 2.24) is 4.90 Å². The summed E-state index contributed by atoms with van der Waals surface area (Å²) in [5, 5.41) is 8.24. The SMILES string of the molecule is COC(=O)C(CCC(=O)OO)N1C(=O)c2ccccc2C1=O. The van der Waals surface area contributed by atoms with E-state index in [2.05, 4.69) is 9.62 Å². The summed E-state index contributed by atoms with van der Waals surface area (Å²) in [6.45, 7) is 0. The summed E-state index contributed by atoms with van der Waals surface area (Å²) in [5.74, 6) is -3.08. The van der Waals surface area contributed by atoms with Gasteiger partial charge in [-0.25, -0.2) is 9.59 Å². The zero-order valence-corrected chi connectivity index (χ0v) is 11.6. The van der Waals surface area contributed by atoms with E-state index in [1.54, 1.807) is 12.1 Å². The van der Waals surface area contributed by atoms with Crippen molar-refractivity contribution >= 4 is 23.8 Å². The second-order valence-corrected chi connectivity index (χ2v) is 4.57. The maximum absolute atomic E-state index is 12.3. The van der Waals surface area contributed by atoms with Gasteiger partial charge < -0.3 is 9.62 Å². The van der Waals surface area contributed by atoms with E-state index < -0.39 is 29.8 Å². The lowest BCUT2D eigenvalue weighted by Gasteiger charge is -2.23. The highest BCUT2D eigenvalue weighted by Crippen LogP contribution is 2.26. The Labute approximate surface area is 125 Å². The number of benzene rings is 1. The van der Waals surface area contributed by atoms with E-state index in [4.69, 9.17) is 5.26 Å². The van der Waals surface area contributed by atoms with Gasteiger partial charge >= 0.3 is 11.9 Å². The Morgan fingerprint density at radius 1 is 1.18 bits per heavy atom. The average molecular weight is 307 g/mol. The molecule has 0 radical (unpaired) electrons. The normalized spacial score (nSPS) is 14.5. The zero-order chi connectivity index (χ0) is 16.3. The monoisotopic (exact) mass is 307 g/mol. The van der Waals surface area contributed by atoms with Crippen LogP contribution in [-0.2, 0) is 19.2 Å². The number of nitrogens with zero attached hydrogens (tertiary/aromatic N) is 1. The van der Waals surface area contributed by atoms with Crippen LogP contribution in [0.1, 0.15) is 33.6 Å². The fourth-order valence-corrected chi connectivity index (χ4v) is 2.28. The maximum Gasteiger partial charge on any atom is 0.342 e. The minimum atomic E-state index is -1.27. The number of methoxy groups -OCH3 is 1. The minimum absolute atomic E-state index is 0.186. The summed E-state index contributed by atoms with van der Waals surface area (Å²) >= 11 is 0. The molecule has 8 nitrogen and oxygen atoms in total. The molecule has 1 N–H and O–H groups in total. The van der Waals surface area contributed by atoms with Crippen LogP contribution in [0.15, 0.2) is 24.3 Å². The van der Waals surface area contributed by atoms with Crippen molar-refractivity contribution in [3.63, 3.8) is 0 Å². The number of carbonyl (C=O) groups excluding carboxylic acids is 4. The summed E-state index contributed by atoms with van der Waals surface area (Å²) in [6.07, 6.45) is -0.568. The second-order valence-electron chi connectivity index (χ2n) is 4.57. The van der Waals surface area contributed by atoms with E-state index >= 15 is 0 Å². The van der Waals surface area contributed by atoms with Crippen LogP contribution in [0, 0.1) is 0 Å². The number of ether oxygens (including phenoxy) is 1. The van der Waals surface area contributed by atoms with E-state index in [0.29, 0.717) is 0 Å². The molecule has 1 atom stereocenters. The molecule has 0 aliphatic carbocycles. The number of hydrogen-bond donors (Lipinski definition) is 1. The van der Waals surface area contributed by atoms with Crippen molar-refractivity contribution < 1.29 is 34.1 Å². The van der Waals surface area contributed by atoms with Crippen molar-refractivity contribution in [3.05, 3.63) is 35.4 Å². The molecule has 1 unspecified atom stereocenters. The maximum atomic E-state index is 12.3. The number of rotatable bonds is 5. The Hall–Kier alpha value is -2.74. The van der Waals surface area contributed by atoms with Crippen LogP contribution in [0.3, 0.4) is 0 Å². The van der Waals surface area contributed by atoms with Crippen LogP contribution in [0.2, 0.25) is 0 Å². The molecule has 1 aliphatic rings. The molecule has 0 spiro atoms. The standard InChI is InChI=1S/C14H13NO7/c1-21-14(19)10(6-7-11(16)22-20)15-12(17)8-4-2-3-5-9(8)13(15)18/h2-5,10,20H,6-7H2,1H3. The van der Waals surface area contributed by atoms with Crippen LogP contribution >= 0.6 is 0 Å². The summed E-state index contributed by atoms with van der Waals surface area (Å²) in [5.41, 5.74) is 0.372. The van der Waals surface area contributed by atoms with E-state index in [-0.39, 0.29) is 24.0 Å². The third-order valence-corrected chi connectivity index (χ3v) is 3.33. The molecule has 1 aromatic rings. The molecule has 22 heavy (non-hydrogen) atoms. The molecule has 0 fully saturated rings. The molecule has 1 aliphatic heterocycles. The lowest BCUT2D eigenvalue weighted by molar-refractivity contribution is -0.234. The lowest BCUT2D eigenvalue weighted by Crippen LogP contribution is -2.45. The Morgan fingerprint density at radius 2 is 1.73 bits per heavy atom. The molecule has 1 heterocycles. The Balaban J connectivity index is 2.29. The first-order chi connectivity index (χ1) is 10.5. The van der Waals surface area contributed by atoms with Gasteiger partial charge in [0.15, 0.2) is 0 Å². The number of esters is 1.